The van der Waals surface area contributed by atoms with Crippen LogP contribution in [0.5, 0.6) is 17.2 Å². The van der Waals surface area contributed by atoms with Crippen LogP contribution in [0.1, 0.15) is 11.1 Å². The van der Waals surface area contributed by atoms with Crippen molar-refractivity contribution in [3.8, 4) is 28.4 Å². The number of amides is 1. The van der Waals surface area contributed by atoms with Gasteiger partial charge in [-0.25, -0.2) is 0 Å². The molecule has 0 atom stereocenters. The molecule has 0 spiro atoms. The predicted molar refractivity (Wildman–Crippen MR) is 126 cm³/mol. The van der Waals surface area contributed by atoms with Gasteiger partial charge in [0.15, 0.2) is 5.75 Å². The highest BCUT2D eigenvalue weighted by Gasteiger charge is 2.23. The van der Waals surface area contributed by atoms with Crippen LogP contribution in [0.2, 0.25) is 0 Å². The lowest BCUT2D eigenvalue weighted by Crippen LogP contribution is -2.28. The molecule has 0 aliphatic carbocycles. The number of nitrogens with one attached hydrogen (secondary N) is 2. The number of hydrogen-bond donors (Lipinski definition) is 2. The number of hydrogen-bond acceptors (Lipinski definition) is 5. The van der Waals surface area contributed by atoms with Crippen LogP contribution in [0.3, 0.4) is 0 Å². The Bertz CT molecular complexity index is 1260. The third kappa shape index (κ3) is 3.97. The maximum absolute atomic E-state index is 12.6. The molecule has 0 unspecified atom stereocenters. The van der Waals surface area contributed by atoms with Crippen molar-refractivity contribution < 1.29 is 14.3 Å². The molecule has 2 aromatic carbocycles. The fraction of sp³-hybridized carbons (Fsp3) is 0.200. The summed E-state index contributed by atoms with van der Waals surface area (Å²) in [4.78, 5) is 24.5. The number of ether oxygens (including phenoxy) is 2. The largest absolute Gasteiger partial charge is 0.489 e. The summed E-state index contributed by atoms with van der Waals surface area (Å²) in [6, 6.07) is 11.3. The summed E-state index contributed by atoms with van der Waals surface area (Å²) >= 11 is 0. The molecular formula is C25H25N3O4. The molecule has 7 heteroatoms. The molecule has 0 saturated carbocycles. The van der Waals surface area contributed by atoms with Crippen molar-refractivity contribution in [2.45, 2.75) is 13.8 Å². The second-order valence-corrected chi connectivity index (χ2v) is 7.67. The summed E-state index contributed by atoms with van der Waals surface area (Å²) in [7, 11) is 1.69. The molecule has 3 aromatic rings. The van der Waals surface area contributed by atoms with Crippen molar-refractivity contribution in [1.82, 2.24) is 4.57 Å². The van der Waals surface area contributed by atoms with Crippen molar-refractivity contribution in [2.75, 3.05) is 23.8 Å². The second kappa shape index (κ2) is 8.63. The van der Waals surface area contributed by atoms with Crippen LogP contribution in [0, 0.1) is 13.8 Å². The fourth-order valence-corrected chi connectivity index (χ4v) is 3.72. The third-order valence-corrected chi connectivity index (χ3v) is 5.32. The average Bonchev–Trinajstić information content (AvgIpc) is 2.79. The van der Waals surface area contributed by atoms with Gasteiger partial charge in [0.2, 0.25) is 5.91 Å². The Labute approximate surface area is 186 Å². The fourth-order valence-electron chi connectivity index (χ4n) is 3.72. The van der Waals surface area contributed by atoms with Crippen LogP contribution >= 0.6 is 0 Å². The number of anilines is 2. The van der Waals surface area contributed by atoms with Crippen LogP contribution < -0.4 is 25.7 Å². The molecule has 4 rings (SSSR count). The number of carbonyl (C=O) groups is 1. The first kappa shape index (κ1) is 21.2. The van der Waals surface area contributed by atoms with E-state index < -0.39 is 0 Å². The van der Waals surface area contributed by atoms with Crippen molar-refractivity contribution >= 4 is 17.3 Å². The van der Waals surface area contributed by atoms with Gasteiger partial charge in [0.05, 0.1) is 0 Å². The summed E-state index contributed by atoms with van der Waals surface area (Å²) in [6.45, 7) is 8.47. The van der Waals surface area contributed by atoms with Crippen LogP contribution in [0.25, 0.3) is 11.1 Å². The molecule has 2 N–H and O–H groups in total. The van der Waals surface area contributed by atoms with Gasteiger partial charge in [-0.15, -0.1) is 0 Å². The second-order valence-electron chi connectivity index (χ2n) is 7.67. The Balaban J connectivity index is 1.92. The Morgan fingerprint density at radius 2 is 1.97 bits per heavy atom. The number of aryl methyl sites for hydroxylation is 3. The highest BCUT2D eigenvalue weighted by Crippen LogP contribution is 2.43. The Morgan fingerprint density at radius 1 is 1.22 bits per heavy atom. The van der Waals surface area contributed by atoms with E-state index in [-0.39, 0.29) is 11.5 Å². The van der Waals surface area contributed by atoms with E-state index in [1.54, 1.807) is 25.4 Å². The molecule has 164 valence electrons. The number of para-hydroxylation sites is 1. The third-order valence-electron chi connectivity index (χ3n) is 5.32. The van der Waals surface area contributed by atoms with Crippen LogP contribution in [0.4, 0.5) is 11.4 Å². The van der Waals surface area contributed by atoms with E-state index in [2.05, 4.69) is 17.2 Å². The molecule has 0 bridgehead atoms. The van der Waals surface area contributed by atoms with Crippen molar-refractivity contribution in [3.05, 3.63) is 76.7 Å². The van der Waals surface area contributed by atoms with Gasteiger partial charge in [0.25, 0.3) is 5.56 Å². The number of carbonyl (C=O) groups excluding carboxylic acids is 1. The summed E-state index contributed by atoms with van der Waals surface area (Å²) < 4.78 is 13.8. The predicted octanol–water partition coefficient (Wildman–Crippen LogP) is 4.39. The van der Waals surface area contributed by atoms with Gasteiger partial charge < -0.3 is 24.7 Å². The van der Waals surface area contributed by atoms with Gasteiger partial charge in [0, 0.05) is 36.6 Å². The van der Waals surface area contributed by atoms with Gasteiger partial charge in [-0.2, -0.15) is 0 Å². The Hall–Kier alpha value is -4.00. The quantitative estimate of drug-likeness (QED) is 0.586. The van der Waals surface area contributed by atoms with Gasteiger partial charge in [-0.05, 0) is 49.2 Å². The minimum absolute atomic E-state index is 0.170. The van der Waals surface area contributed by atoms with Crippen molar-refractivity contribution in [3.63, 3.8) is 0 Å². The molecule has 1 aromatic heterocycles. The highest BCUT2D eigenvalue weighted by atomic mass is 16.5. The zero-order valence-electron chi connectivity index (χ0n) is 18.3. The molecule has 2 heterocycles. The standard InChI is InChI=1S/C25H25N3O4/c1-5-21(29)27-17-9-10-20(32-23-15(2)7-6-8-16(23)3)18(13-17)19-14-28(4)25(30)22-24(19)31-12-11-26-22/h5-10,13-14,26H,1,11-12H2,2-4H3,(H,27,29). The molecule has 0 radical (unpaired) electrons. The van der Waals surface area contributed by atoms with Gasteiger partial charge in [0.1, 0.15) is 23.8 Å². The first-order valence-corrected chi connectivity index (χ1v) is 10.3. The minimum atomic E-state index is -0.320. The number of pyridine rings is 1. The lowest BCUT2D eigenvalue weighted by molar-refractivity contribution is -0.111. The molecule has 1 amide bonds. The van der Waals surface area contributed by atoms with Gasteiger partial charge >= 0.3 is 0 Å². The highest BCUT2D eigenvalue weighted by molar-refractivity contribution is 5.99. The zero-order valence-corrected chi connectivity index (χ0v) is 18.3. The maximum Gasteiger partial charge on any atom is 0.277 e. The van der Waals surface area contributed by atoms with E-state index in [9.17, 15) is 9.59 Å². The van der Waals surface area contributed by atoms with Crippen LogP contribution in [0.15, 0.2) is 60.0 Å². The molecule has 0 saturated heterocycles. The SMILES string of the molecule is C=CC(=O)Nc1ccc(Oc2c(C)cccc2C)c(-c2cn(C)c(=O)c3c2OCCN3)c1. The number of rotatable bonds is 5. The van der Waals surface area contributed by atoms with Crippen LogP contribution in [-0.4, -0.2) is 23.6 Å². The van der Waals surface area contributed by atoms with E-state index in [0.717, 1.165) is 16.9 Å². The number of benzene rings is 2. The normalized spacial score (nSPS) is 12.2. The number of nitrogens with zero attached hydrogens (tertiary/aromatic N) is 1. The maximum atomic E-state index is 12.6. The lowest BCUT2D eigenvalue weighted by atomic mass is 10.0. The topological polar surface area (TPSA) is 81.6 Å². The number of aromatic nitrogens is 1. The smallest absolute Gasteiger partial charge is 0.277 e. The van der Waals surface area contributed by atoms with E-state index >= 15 is 0 Å². The summed E-state index contributed by atoms with van der Waals surface area (Å²) in [5.74, 6) is 1.49. The molecule has 0 fully saturated rings. The van der Waals surface area contributed by atoms with Gasteiger partial charge in [-0.1, -0.05) is 24.8 Å². The Kier molecular flexibility index (Phi) is 5.73. The first-order chi connectivity index (χ1) is 15.4. The summed E-state index contributed by atoms with van der Waals surface area (Å²) in [6.07, 6.45) is 2.93. The van der Waals surface area contributed by atoms with Gasteiger partial charge in [-0.3, -0.25) is 9.59 Å². The van der Waals surface area contributed by atoms with E-state index in [1.165, 1.54) is 10.6 Å². The van der Waals surface area contributed by atoms with E-state index in [4.69, 9.17) is 9.47 Å². The van der Waals surface area contributed by atoms with Crippen molar-refractivity contribution in [1.29, 1.82) is 0 Å². The first-order valence-electron chi connectivity index (χ1n) is 10.3. The monoisotopic (exact) mass is 431 g/mol. The molecular weight excluding hydrogens is 406 g/mol. The van der Waals surface area contributed by atoms with E-state index in [0.29, 0.717) is 47.2 Å². The zero-order chi connectivity index (χ0) is 22.8. The summed E-state index contributed by atoms with van der Waals surface area (Å²) in [5.41, 5.74) is 4.19. The average molecular weight is 431 g/mol. The Morgan fingerprint density at radius 3 is 2.69 bits per heavy atom. The van der Waals surface area contributed by atoms with Crippen molar-refractivity contribution in [2.24, 2.45) is 7.05 Å². The lowest BCUT2D eigenvalue weighted by Gasteiger charge is -2.24. The summed E-state index contributed by atoms with van der Waals surface area (Å²) in [5, 5.41) is 5.93. The molecule has 7 nitrogen and oxygen atoms in total. The van der Waals surface area contributed by atoms with Crippen LogP contribution in [-0.2, 0) is 11.8 Å². The molecule has 1 aliphatic rings. The number of fused-ring (bicyclic) bond motifs is 1. The minimum Gasteiger partial charge on any atom is -0.489 e. The molecule has 32 heavy (non-hydrogen) atoms. The molecule has 1 aliphatic heterocycles. The van der Waals surface area contributed by atoms with E-state index in [1.807, 2.05) is 38.1 Å².